The van der Waals surface area contributed by atoms with Gasteiger partial charge < -0.3 is 4.74 Å². The Morgan fingerprint density at radius 1 is 1.00 bits per heavy atom. The maximum atomic E-state index is 15.0. The fourth-order valence-corrected chi connectivity index (χ4v) is 5.36. The molecular weight excluding hydrogens is 349 g/mol. The highest BCUT2D eigenvalue weighted by molar-refractivity contribution is 5.32. The van der Waals surface area contributed by atoms with Crippen molar-refractivity contribution >= 4 is 0 Å². The molecule has 2 aliphatic carbocycles. The summed E-state index contributed by atoms with van der Waals surface area (Å²) in [5, 5.41) is 0. The summed E-state index contributed by atoms with van der Waals surface area (Å²) in [6, 6.07) is 4.36. The van der Waals surface area contributed by atoms with E-state index >= 15 is 0 Å². The molecule has 0 aromatic heterocycles. The topological polar surface area (TPSA) is 9.23 Å². The molecule has 27 heavy (non-hydrogen) atoms. The summed E-state index contributed by atoms with van der Waals surface area (Å²) < 4.78 is 49.3. The summed E-state index contributed by atoms with van der Waals surface area (Å²) in [6.45, 7) is 4.36. The number of hydrogen-bond donors (Lipinski definition) is 0. The van der Waals surface area contributed by atoms with Gasteiger partial charge in [-0.15, -0.1) is 0 Å². The Hall–Kier alpha value is -1.19. The van der Waals surface area contributed by atoms with Gasteiger partial charge in [0, 0.05) is 12.3 Å². The molecule has 2 aliphatic rings. The van der Waals surface area contributed by atoms with E-state index in [0.29, 0.717) is 24.5 Å². The second kappa shape index (κ2) is 8.87. The normalized spacial score (nSPS) is 30.9. The standard InChI is InChI=1S/C23H33F3O/c1-3-5-16-6-8-17(9-7-16)19-10-12-20(23(25,26)15-19)18-11-13-22(27-4-2)21(24)14-18/h11,13-14,16-17,19-20H,3-10,12,15H2,1-2H3/t16?,17?,19-,20+/m0/s1. The minimum atomic E-state index is -2.76. The van der Waals surface area contributed by atoms with Gasteiger partial charge in [0.1, 0.15) is 0 Å². The van der Waals surface area contributed by atoms with Crippen LogP contribution in [-0.4, -0.2) is 12.5 Å². The molecule has 0 N–H and O–H groups in total. The van der Waals surface area contributed by atoms with Crippen LogP contribution in [0.2, 0.25) is 0 Å². The van der Waals surface area contributed by atoms with Crippen LogP contribution in [0.1, 0.15) is 83.1 Å². The summed E-state index contributed by atoms with van der Waals surface area (Å²) in [7, 11) is 0. The minimum Gasteiger partial charge on any atom is -0.491 e. The first kappa shape index (κ1) is 20.5. The van der Waals surface area contributed by atoms with Gasteiger partial charge in [-0.2, -0.15) is 0 Å². The number of hydrogen-bond acceptors (Lipinski definition) is 1. The monoisotopic (exact) mass is 382 g/mol. The third kappa shape index (κ3) is 4.81. The molecule has 1 aromatic carbocycles. The van der Waals surface area contributed by atoms with Gasteiger partial charge in [0.2, 0.25) is 0 Å². The van der Waals surface area contributed by atoms with Gasteiger partial charge in [-0.05, 0) is 68.1 Å². The number of rotatable bonds is 6. The summed E-state index contributed by atoms with van der Waals surface area (Å²) in [4.78, 5) is 0. The molecular formula is C23H33F3O. The van der Waals surface area contributed by atoms with Crippen molar-refractivity contribution in [3.63, 3.8) is 0 Å². The number of halogens is 3. The van der Waals surface area contributed by atoms with Crippen molar-refractivity contribution in [3.8, 4) is 5.75 Å². The van der Waals surface area contributed by atoms with Crippen molar-refractivity contribution in [1.82, 2.24) is 0 Å². The lowest BCUT2D eigenvalue weighted by molar-refractivity contribution is -0.0845. The molecule has 2 fully saturated rings. The maximum Gasteiger partial charge on any atom is 0.255 e. The average molecular weight is 383 g/mol. The molecule has 0 spiro atoms. The van der Waals surface area contributed by atoms with Crippen LogP contribution < -0.4 is 4.74 Å². The first-order valence-electron chi connectivity index (χ1n) is 10.7. The van der Waals surface area contributed by atoms with E-state index in [9.17, 15) is 13.2 Å². The average Bonchev–Trinajstić information content (AvgIpc) is 2.64. The van der Waals surface area contributed by atoms with Gasteiger partial charge in [-0.3, -0.25) is 0 Å². The predicted octanol–water partition coefficient (Wildman–Crippen LogP) is 7.35. The van der Waals surface area contributed by atoms with E-state index in [4.69, 9.17) is 4.74 Å². The van der Waals surface area contributed by atoms with E-state index in [1.54, 1.807) is 13.0 Å². The van der Waals surface area contributed by atoms with E-state index in [1.807, 2.05) is 0 Å². The van der Waals surface area contributed by atoms with Crippen LogP contribution in [-0.2, 0) is 0 Å². The highest BCUT2D eigenvalue weighted by atomic mass is 19.3. The lowest BCUT2D eigenvalue weighted by atomic mass is 9.66. The molecule has 0 heterocycles. The molecule has 0 amide bonds. The predicted molar refractivity (Wildman–Crippen MR) is 103 cm³/mol. The Morgan fingerprint density at radius 2 is 1.70 bits per heavy atom. The molecule has 3 rings (SSSR count). The van der Waals surface area contributed by atoms with Crippen LogP contribution in [0, 0.1) is 23.6 Å². The maximum absolute atomic E-state index is 15.0. The lowest BCUT2D eigenvalue weighted by Gasteiger charge is -2.41. The molecule has 0 aliphatic heterocycles. The fourth-order valence-electron chi connectivity index (χ4n) is 5.36. The lowest BCUT2D eigenvalue weighted by Crippen LogP contribution is -2.37. The van der Waals surface area contributed by atoms with Crippen molar-refractivity contribution in [2.45, 2.75) is 83.5 Å². The molecule has 0 saturated heterocycles. The van der Waals surface area contributed by atoms with E-state index in [0.717, 1.165) is 25.2 Å². The minimum absolute atomic E-state index is 0.0460. The summed E-state index contributed by atoms with van der Waals surface area (Å²) in [5.41, 5.74) is 0.408. The van der Waals surface area contributed by atoms with Crippen LogP contribution in [0.4, 0.5) is 13.2 Å². The smallest absolute Gasteiger partial charge is 0.255 e. The van der Waals surface area contributed by atoms with Crippen LogP contribution >= 0.6 is 0 Å². The number of alkyl halides is 2. The Balaban J connectivity index is 1.63. The zero-order valence-corrected chi connectivity index (χ0v) is 16.7. The molecule has 2 atom stereocenters. The quantitative estimate of drug-likeness (QED) is 0.500. The van der Waals surface area contributed by atoms with Crippen LogP contribution in [0.5, 0.6) is 5.75 Å². The Labute approximate surface area is 161 Å². The van der Waals surface area contributed by atoms with Gasteiger partial charge in [0.25, 0.3) is 5.92 Å². The molecule has 0 radical (unpaired) electrons. The van der Waals surface area contributed by atoms with Gasteiger partial charge in [0.15, 0.2) is 11.6 Å². The van der Waals surface area contributed by atoms with E-state index in [1.165, 1.54) is 37.8 Å². The van der Waals surface area contributed by atoms with E-state index in [-0.39, 0.29) is 18.1 Å². The second-order valence-corrected chi connectivity index (χ2v) is 8.55. The van der Waals surface area contributed by atoms with Crippen LogP contribution in [0.15, 0.2) is 18.2 Å². The molecule has 1 nitrogen and oxygen atoms in total. The Morgan fingerprint density at radius 3 is 2.30 bits per heavy atom. The molecule has 4 heteroatoms. The van der Waals surface area contributed by atoms with Crippen LogP contribution in [0.3, 0.4) is 0 Å². The third-order valence-corrected chi connectivity index (χ3v) is 6.78. The van der Waals surface area contributed by atoms with Gasteiger partial charge in [-0.1, -0.05) is 38.7 Å². The van der Waals surface area contributed by atoms with Crippen molar-refractivity contribution in [2.24, 2.45) is 17.8 Å². The third-order valence-electron chi connectivity index (χ3n) is 6.78. The SMILES string of the molecule is CCCC1CCC([C@H]2CC[C@H](c3ccc(OCC)c(F)c3)C(F)(F)C2)CC1. The fraction of sp³-hybridized carbons (Fsp3) is 0.739. The van der Waals surface area contributed by atoms with Crippen molar-refractivity contribution in [1.29, 1.82) is 0 Å². The van der Waals surface area contributed by atoms with Crippen molar-refractivity contribution in [3.05, 3.63) is 29.6 Å². The zero-order valence-electron chi connectivity index (χ0n) is 16.7. The zero-order chi connectivity index (χ0) is 19.4. The summed E-state index contributed by atoms with van der Waals surface area (Å²) in [6.07, 6.45) is 8.34. The highest BCUT2D eigenvalue weighted by Crippen LogP contribution is 2.51. The van der Waals surface area contributed by atoms with Crippen LogP contribution in [0.25, 0.3) is 0 Å². The molecule has 1 aromatic rings. The summed E-state index contributed by atoms with van der Waals surface area (Å²) >= 11 is 0. The first-order chi connectivity index (χ1) is 12.9. The van der Waals surface area contributed by atoms with Crippen molar-refractivity contribution < 1.29 is 17.9 Å². The molecule has 0 unspecified atom stereocenters. The van der Waals surface area contributed by atoms with Crippen molar-refractivity contribution in [2.75, 3.05) is 6.61 Å². The summed E-state index contributed by atoms with van der Waals surface area (Å²) in [5.74, 6) is -2.68. The first-order valence-corrected chi connectivity index (χ1v) is 10.7. The molecule has 0 bridgehead atoms. The highest BCUT2D eigenvalue weighted by Gasteiger charge is 2.47. The second-order valence-electron chi connectivity index (χ2n) is 8.55. The number of benzene rings is 1. The van der Waals surface area contributed by atoms with E-state index < -0.39 is 17.7 Å². The van der Waals surface area contributed by atoms with Gasteiger partial charge in [0.05, 0.1) is 6.61 Å². The molecule has 152 valence electrons. The molecule has 2 saturated carbocycles. The largest absolute Gasteiger partial charge is 0.491 e. The van der Waals surface area contributed by atoms with Gasteiger partial charge >= 0.3 is 0 Å². The van der Waals surface area contributed by atoms with E-state index in [2.05, 4.69) is 6.92 Å². The Bertz CT molecular complexity index is 608. The van der Waals surface area contributed by atoms with Gasteiger partial charge in [-0.25, -0.2) is 13.2 Å². The number of ether oxygens (including phenoxy) is 1. The Kier molecular flexibility index (Phi) is 6.75.